The second kappa shape index (κ2) is 8.70. The fraction of sp³-hybridized carbons (Fsp3) is 0.375. The molecular formula is C24H29N3O2. The van der Waals surface area contributed by atoms with Crippen molar-refractivity contribution in [1.29, 1.82) is 0 Å². The van der Waals surface area contributed by atoms with Gasteiger partial charge in [-0.25, -0.2) is 0 Å². The van der Waals surface area contributed by atoms with Crippen LogP contribution in [0, 0.1) is 6.92 Å². The van der Waals surface area contributed by atoms with E-state index in [9.17, 15) is 4.79 Å². The molecule has 2 aromatic carbocycles. The number of hydrogen-bond donors (Lipinski definition) is 2. The fourth-order valence-corrected chi connectivity index (χ4v) is 4.16. The monoisotopic (exact) mass is 391 g/mol. The number of H-pyrrole nitrogens is 1. The fourth-order valence-electron chi connectivity index (χ4n) is 4.16. The number of likely N-dealkylation sites (tertiary alicyclic amines) is 1. The van der Waals surface area contributed by atoms with Gasteiger partial charge >= 0.3 is 0 Å². The predicted molar refractivity (Wildman–Crippen MR) is 117 cm³/mol. The molecule has 1 aromatic heterocycles. The molecular weight excluding hydrogens is 362 g/mol. The second-order valence-corrected chi connectivity index (χ2v) is 7.87. The van der Waals surface area contributed by atoms with Crippen LogP contribution < -0.4 is 10.1 Å². The van der Waals surface area contributed by atoms with Crippen LogP contribution in [0.3, 0.4) is 0 Å². The number of hydrogen-bond acceptors (Lipinski definition) is 3. The van der Waals surface area contributed by atoms with E-state index in [1.54, 1.807) is 7.11 Å². The maximum absolute atomic E-state index is 12.8. The molecule has 152 valence electrons. The maximum atomic E-state index is 12.8. The summed E-state index contributed by atoms with van der Waals surface area (Å²) in [5.41, 5.74) is 3.99. The van der Waals surface area contributed by atoms with Crippen LogP contribution in [0.15, 0.2) is 48.5 Å². The van der Waals surface area contributed by atoms with Gasteiger partial charge < -0.3 is 15.0 Å². The molecule has 1 aliphatic heterocycles. The van der Waals surface area contributed by atoms with Gasteiger partial charge in [-0.2, -0.15) is 0 Å². The second-order valence-electron chi connectivity index (χ2n) is 7.87. The predicted octanol–water partition coefficient (Wildman–Crippen LogP) is 4.44. The number of methoxy groups -OCH3 is 1. The summed E-state index contributed by atoms with van der Waals surface area (Å²) in [7, 11) is 1.68. The van der Waals surface area contributed by atoms with E-state index in [-0.39, 0.29) is 11.9 Å². The Kier molecular flexibility index (Phi) is 5.86. The number of fused-ring (bicyclic) bond motifs is 1. The van der Waals surface area contributed by atoms with E-state index < -0.39 is 0 Å². The van der Waals surface area contributed by atoms with Gasteiger partial charge in [0, 0.05) is 17.4 Å². The molecule has 1 unspecified atom stereocenters. The van der Waals surface area contributed by atoms with Crippen molar-refractivity contribution in [3.8, 4) is 5.75 Å². The lowest BCUT2D eigenvalue weighted by Crippen LogP contribution is -2.40. The molecule has 0 bridgehead atoms. The number of benzene rings is 2. The number of nitrogens with one attached hydrogen (secondary N) is 2. The smallest absolute Gasteiger partial charge is 0.267 e. The van der Waals surface area contributed by atoms with E-state index in [2.05, 4.69) is 46.4 Å². The molecule has 4 rings (SSSR count). The van der Waals surface area contributed by atoms with Gasteiger partial charge in [0.25, 0.3) is 5.91 Å². The van der Waals surface area contributed by atoms with Gasteiger partial charge in [-0.3, -0.25) is 9.69 Å². The van der Waals surface area contributed by atoms with Crippen LogP contribution in [-0.4, -0.2) is 42.5 Å². The van der Waals surface area contributed by atoms with Crippen LogP contribution in [0.25, 0.3) is 10.9 Å². The maximum Gasteiger partial charge on any atom is 0.267 e. The average Bonchev–Trinajstić information content (AvgIpc) is 3.18. The molecule has 2 N–H and O–H groups in total. The molecule has 1 atom stereocenters. The number of aryl methyl sites for hydroxylation is 1. The third kappa shape index (κ3) is 4.46. The van der Waals surface area contributed by atoms with Crippen molar-refractivity contribution in [2.24, 2.45) is 0 Å². The number of aromatic amines is 1. The number of carbonyl (C=O) groups excluding carboxylic acids is 1. The Morgan fingerprint density at radius 1 is 1.10 bits per heavy atom. The van der Waals surface area contributed by atoms with Crippen LogP contribution >= 0.6 is 0 Å². The van der Waals surface area contributed by atoms with Crippen LogP contribution in [0.4, 0.5) is 0 Å². The largest absolute Gasteiger partial charge is 0.497 e. The zero-order valence-electron chi connectivity index (χ0n) is 17.2. The average molecular weight is 392 g/mol. The van der Waals surface area contributed by atoms with Gasteiger partial charge in [0.15, 0.2) is 0 Å². The minimum atomic E-state index is -0.0608. The standard InChI is InChI=1S/C24H29N3O2/c1-17-6-7-19-15-22(26-21(19)14-17)24(28)25-16-23(27-12-4-3-5-13-27)18-8-10-20(29-2)11-9-18/h6-11,14-15,23,26H,3-5,12-13,16H2,1-2H3,(H,25,28). The molecule has 0 aliphatic carbocycles. The van der Waals surface area contributed by atoms with Gasteiger partial charge in [0.1, 0.15) is 11.4 Å². The third-order valence-electron chi connectivity index (χ3n) is 5.81. The zero-order chi connectivity index (χ0) is 20.2. The highest BCUT2D eigenvalue weighted by Gasteiger charge is 2.23. The Balaban J connectivity index is 1.50. The summed E-state index contributed by atoms with van der Waals surface area (Å²) in [6, 6.07) is 16.5. The van der Waals surface area contributed by atoms with Crippen molar-refractivity contribution in [2.45, 2.75) is 32.2 Å². The first-order chi connectivity index (χ1) is 14.1. The van der Waals surface area contributed by atoms with E-state index in [1.165, 1.54) is 30.4 Å². The summed E-state index contributed by atoms with van der Waals surface area (Å²) < 4.78 is 5.30. The molecule has 1 fully saturated rings. The van der Waals surface area contributed by atoms with E-state index in [1.807, 2.05) is 24.3 Å². The number of ether oxygens (including phenoxy) is 1. The summed E-state index contributed by atoms with van der Waals surface area (Å²) in [4.78, 5) is 18.6. The molecule has 1 aliphatic rings. The molecule has 1 saturated heterocycles. The van der Waals surface area contributed by atoms with Gasteiger partial charge in [-0.05, 0) is 68.2 Å². The lowest BCUT2D eigenvalue weighted by atomic mass is 10.0. The number of amides is 1. The van der Waals surface area contributed by atoms with E-state index in [0.29, 0.717) is 12.2 Å². The first-order valence-electron chi connectivity index (χ1n) is 10.4. The van der Waals surface area contributed by atoms with Crippen molar-refractivity contribution in [2.75, 3.05) is 26.7 Å². The number of aromatic nitrogens is 1. The Labute approximate surface area is 172 Å². The third-order valence-corrected chi connectivity index (χ3v) is 5.81. The topological polar surface area (TPSA) is 57.4 Å². The molecule has 3 aromatic rings. The van der Waals surface area contributed by atoms with Crippen molar-refractivity contribution < 1.29 is 9.53 Å². The van der Waals surface area contributed by atoms with Crippen LogP contribution in [0.1, 0.15) is 46.9 Å². The number of carbonyl (C=O) groups is 1. The molecule has 5 nitrogen and oxygen atoms in total. The highest BCUT2D eigenvalue weighted by molar-refractivity contribution is 5.98. The Hall–Kier alpha value is -2.79. The number of nitrogens with zero attached hydrogens (tertiary/aromatic N) is 1. The highest BCUT2D eigenvalue weighted by Crippen LogP contribution is 2.26. The van der Waals surface area contributed by atoms with Crippen LogP contribution in [0.2, 0.25) is 0 Å². The van der Waals surface area contributed by atoms with E-state index in [4.69, 9.17) is 4.74 Å². The van der Waals surface area contributed by atoms with Crippen LogP contribution in [-0.2, 0) is 0 Å². The lowest BCUT2D eigenvalue weighted by molar-refractivity contribution is 0.0920. The van der Waals surface area contributed by atoms with Crippen molar-refractivity contribution in [3.63, 3.8) is 0 Å². The molecule has 29 heavy (non-hydrogen) atoms. The quantitative estimate of drug-likeness (QED) is 0.653. The van der Waals surface area contributed by atoms with Crippen molar-refractivity contribution in [1.82, 2.24) is 15.2 Å². The Bertz CT molecular complexity index is 971. The van der Waals surface area contributed by atoms with Gasteiger partial charge in [-0.15, -0.1) is 0 Å². The number of rotatable bonds is 6. The normalized spacial score (nSPS) is 15.9. The first kappa shape index (κ1) is 19.5. The summed E-state index contributed by atoms with van der Waals surface area (Å²) in [5.74, 6) is 0.790. The summed E-state index contributed by atoms with van der Waals surface area (Å²) in [6.07, 6.45) is 3.70. The van der Waals surface area contributed by atoms with Gasteiger partial charge in [-0.1, -0.05) is 30.7 Å². The molecule has 0 radical (unpaired) electrons. The Morgan fingerprint density at radius 2 is 1.86 bits per heavy atom. The summed E-state index contributed by atoms with van der Waals surface area (Å²) in [6.45, 7) is 4.77. The summed E-state index contributed by atoms with van der Waals surface area (Å²) >= 11 is 0. The molecule has 1 amide bonds. The molecule has 2 heterocycles. The highest BCUT2D eigenvalue weighted by atomic mass is 16.5. The van der Waals surface area contributed by atoms with E-state index >= 15 is 0 Å². The van der Waals surface area contributed by atoms with E-state index in [0.717, 1.165) is 29.7 Å². The zero-order valence-corrected chi connectivity index (χ0v) is 17.2. The SMILES string of the molecule is COc1ccc(C(CNC(=O)c2cc3ccc(C)cc3[nH]2)N2CCCCC2)cc1. The van der Waals surface area contributed by atoms with Crippen molar-refractivity contribution >= 4 is 16.8 Å². The van der Waals surface area contributed by atoms with Gasteiger partial charge in [0.05, 0.1) is 13.2 Å². The molecule has 5 heteroatoms. The molecule has 0 spiro atoms. The summed E-state index contributed by atoms with van der Waals surface area (Å²) in [5, 5.41) is 4.21. The minimum Gasteiger partial charge on any atom is -0.497 e. The first-order valence-corrected chi connectivity index (χ1v) is 10.4. The van der Waals surface area contributed by atoms with Gasteiger partial charge in [0.2, 0.25) is 0 Å². The number of piperidine rings is 1. The lowest BCUT2D eigenvalue weighted by Gasteiger charge is -2.35. The van der Waals surface area contributed by atoms with Crippen LogP contribution in [0.5, 0.6) is 5.75 Å². The van der Waals surface area contributed by atoms with Crippen molar-refractivity contribution in [3.05, 3.63) is 65.4 Å². The Morgan fingerprint density at radius 3 is 2.59 bits per heavy atom. The minimum absolute atomic E-state index is 0.0608. The molecule has 0 saturated carbocycles.